The number of carbonyl (C=O) groups excluding carboxylic acids is 1. The number of anilines is 1. The molecule has 1 amide bonds. The van der Waals surface area contributed by atoms with E-state index in [0.29, 0.717) is 11.8 Å². The summed E-state index contributed by atoms with van der Waals surface area (Å²) in [5, 5.41) is 11.2. The molecule has 1 aromatic rings. The number of nitrogens with one attached hydrogen (secondary N) is 1. The van der Waals surface area contributed by atoms with Gasteiger partial charge in [0.1, 0.15) is 5.75 Å². The zero-order chi connectivity index (χ0) is 14.4. The minimum Gasteiger partial charge on any atom is -0.490 e. The summed E-state index contributed by atoms with van der Waals surface area (Å²) >= 11 is 0. The van der Waals surface area contributed by atoms with Crippen LogP contribution in [-0.2, 0) is 9.59 Å². The van der Waals surface area contributed by atoms with E-state index in [-0.39, 0.29) is 18.7 Å². The highest BCUT2D eigenvalue weighted by atomic mass is 16.5. The number of hydrogen-bond acceptors (Lipinski definition) is 3. The predicted molar refractivity (Wildman–Crippen MR) is 74.8 cm³/mol. The standard InChI is InChI=1S/C15H19NO4/c17-14(9-10-15(18)19)16-11-5-7-13(8-6-11)20-12-3-1-2-4-12/h5-8,12H,1-4,9-10H2,(H,16,17)(H,18,19). The lowest BCUT2D eigenvalue weighted by atomic mass is 10.2. The second-order valence-electron chi connectivity index (χ2n) is 4.99. The van der Waals surface area contributed by atoms with Crippen LogP contribution in [0.3, 0.4) is 0 Å². The maximum atomic E-state index is 11.5. The Bertz CT molecular complexity index is 463. The smallest absolute Gasteiger partial charge is 0.303 e. The van der Waals surface area contributed by atoms with Crippen LogP contribution in [0.25, 0.3) is 0 Å². The predicted octanol–water partition coefficient (Wildman–Crippen LogP) is 2.81. The second-order valence-corrected chi connectivity index (χ2v) is 4.99. The second kappa shape index (κ2) is 6.93. The van der Waals surface area contributed by atoms with Crippen molar-refractivity contribution in [2.75, 3.05) is 5.32 Å². The fourth-order valence-electron chi connectivity index (χ4n) is 2.26. The van der Waals surface area contributed by atoms with E-state index in [1.165, 1.54) is 12.8 Å². The van der Waals surface area contributed by atoms with Crippen molar-refractivity contribution in [2.45, 2.75) is 44.6 Å². The first-order chi connectivity index (χ1) is 9.63. The molecule has 0 atom stereocenters. The Morgan fingerprint density at radius 2 is 1.80 bits per heavy atom. The van der Waals surface area contributed by atoms with Gasteiger partial charge in [0, 0.05) is 12.1 Å². The maximum absolute atomic E-state index is 11.5. The van der Waals surface area contributed by atoms with Gasteiger partial charge in [-0.05, 0) is 49.9 Å². The van der Waals surface area contributed by atoms with E-state index in [2.05, 4.69) is 5.32 Å². The van der Waals surface area contributed by atoms with E-state index in [4.69, 9.17) is 9.84 Å². The van der Waals surface area contributed by atoms with Gasteiger partial charge in [0.25, 0.3) is 0 Å². The van der Waals surface area contributed by atoms with Crippen LogP contribution >= 0.6 is 0 Å². The molecule has 0 bridgehead atoms. The van der Waals surface area contributed by atoms with Crippen molar-refractivity contribution in [3.05, 3.63) is 24.3 Å². The highest BCUT2D eigenvalue weighted by molar-refractivity contribution is 5.92. The van der Waals surface area contributed by atoms with Gasteiger partial charge in [0.2, 0.25) is 5.91 Å². The highest BCUT2D eigenvalue weighted by Crippen LogP contribution is 2.25. The summed E-state index contributed by atoms with van der Waals surface area (Å²) in [6, 6.07) is 7.18. The van der Waals surface area contributed by atoms with Crippen LogP contribution in [0.4, 0.5) is 5.69 Å². The lowest BCUT2D eigenvalue weighted by Crippen LogP contribution is -2.13. The van der Waals surface area contributed by atoms with Gasteiger partial charge in [-0.25, -0.2) is 0 Å². The van der Waals surface area contributed by atoms with E-state index in [1.807, 2.05) is 12.1 Å². The molecule has 1 aliphatic carbocycles. The molecule has 0 radical (unpaired) electrons. The van der Waals surface area contributed by atoms with Crippen molar-refractivity contribution in [2.24, 2.45) is 0 Å². The molecule has 5 nitrogen and oxygen atoms in total. The number of amides is 1. The first-order valence-electron chi connectivity index (χ1n) is 6.92. The molecule has 108 valence electrons. The summed E-state index contributed by atoms with van der Waals surface area (Å²) in [4.78, 5) is 21.8. The lowest BCUT2D eigenvalue weighted by molar-refractivity contribution is -0.138. The minimum absolute atomic E-state index is 0.0182. The van der Waals surface area contributed by atoms with Crippen LogP contribution in [0.2, 0.25) is 0 Å². The summed E-state index contributed by atoms with van der Waals surface area (Å²) < 4.78 is 5.82. The van der Waals surface area contributed by atoms with Crippen LogP contribution in [0.5, 0.6) is 5.75 Å². The van der Waals surface area contributed by atoms with E-state index >= 15 is 0 Å². The first kappa shape index (κ1) is 14.4. The Morgan fingerprint density at radius 1 is 1.15 bits per heavy atom. The van der Waals surface area contributed by atoms with Gasteiger partial charge in [0.05, 0.1) is 12.5 Å². The van der Waals surface area contributed by atoms with Crippen molar-refractivity contribution >= 4 is 17.6 Å². The number of carboxylic acid groups (broad SMARTS) is 1. The number of aliphatic carboxylic acids is 1. The Morgan fingerprint density at radius 3 is 2.40 bits per heavy atom. The molecular formula is C15H19NO4. The number of ether oxygens (including phenoxy) is 1. The quantitative estimate of drug-likeness (QED) is 0.838. The van der Waals surface area contributed by atoms with Crippen LogP contribution in [0, 0.1) is 0 Å². The Labute approximate surface area is 117 Å². The SMILES string of the molecule is O=C(O)CCC(=O)Nc1ccc(OC2CCCC2)cc1. The third-order valence-electron chi connectivity index (χ3n) is 3.31. The molecule has 1 saturated carbocycles. The first-order valence-corrected chi connectivity index (χ1v) is 6.92. The molecule has 0 unspecified atom stereocenters. The topological polar surface area (TPSA) is 75.6 Å². The average Bonchev–Trinajstić information content (AvgIpc) is 2.92. The van der Waals surface area contributed by atoms with Crippen LogP contribution < -0.4 is 10.1 Å². The molecule has 2 rings (SSSR count). The molecule has 20 heavy (non-hydrogen) atoms. The number of benzene rings is 1. The summed E-state index contributed by atoms with van der Waals surface area (Å²) in [6.45, 7) is 0. The number of carboxylic acids is 1. The molecule has 1 fully saturated rings. The van der Waals surface area contributed by atoms with Gasteiger partial charge in [-0.3, -0.25) is 9.59 Å². The highest BCUT2D eigenvalue weighted by Gasteiger charge is 2.16. The molecule has 0 aromatic heterocycles. The summed E-state index contributed by atoms with van der Waals surface area (Å²) in [5.41, 5.74) is 0.652. The number of carbonyl (C=O) groups is 2. The molecule has 0 aliphatic heterocycles. The van der Waals surface area contributed by atoms with Gasteiger partial charge in [-0.15, -0.1) is 0 Å². The van der Waals surface area contributed by atoms with Gasteiger partial charge < -0.3 is 15.2 Å². The molecule has 5 heteroatoms. The van der Waals surface area contributed by atoms with Crippen molar-refractivity contribution < 1.29 is 19.4 Å². The van der Waals surface area contributed by atoms with Crippen molar-refractivity contribution in [1.82, 2.24) is 0 Å². The van der Waals surface area contributed by atoms with E-state index < -0.39 is 5.97 Å². The molecule has 1 aromatic carbocycles. The third kappa shape index (κ3) is 4.57. The van der Waals surface area contributed by atoms with E-state index in [0.717, 1.165) is 18.6 Å². The molecule has 2 N–H and O–H groups in total. The van der Waals surface area contributed by atoms with Crippen LogP contribution in [0.15, 0.2) is 24.3 Å². The average molecular weight is 277 g/mol. The summed E-state index contributed by atoms with van der Waals surface area (Å²) in [7, 11) is 0. The van der Waals surface area contributed by atoms with Crippen molar-refractivity contribution in [1.29, 1.82) is 0 Å². The summed E-state index contributed by atoms with van der Waals surface area (Å²) in [6.07, 6.45) is 4.79. The van der Waals surface area contributed by atoms with E-state index in [9.17, 15) is 9.59 Å². The molecule has 0 spiro atoms. The van der Waals surface area contributed by atoms with Crippen LogP contribution in [-0.4, -0.2) is 23.1 Å². The molecular weight excluding hydrogens is 258 g/mol. The number of rotatable bonds is 6. The fraction of sp³-hybridized carbons (Fsp3) is 0.467. The lowest BCUT2D eigenvalue weighted by Gasteiger charge is -2.13. The Kier molecular flexibility index (Phi) is 4.98. The molecule has 0 heterocycles. The maximum Gasteiger partial charge on any atom is 0.303 e. The van der Waals surface area contributed by atoms with Crippen molar-refractivity contribution in [3.63, 3.8) is 0 Å². The largest absolute Gasteiger partial charge is 0.490 e. The van der Waals surface area contributed by atoms with E-state index in [1.54, 1.807) is 12.1 Å². The normalized spacial score (nSPS) is 15.0. The minimum atomic E-state index is -0.972. The zero-order valence-corrected chi connectivity index (χ0v) is 11.3. The fourth-order valence-corrected chi connectivity index (χ4v) is 2.26. The monoisotopic (exact) mass is 277 g/mol. The Hall–Kier alpha value is -2.04. The zero-order valence-electron chi connectivity index (χ0n) is 11.3. The van der Waals surface area contributed by atoms with Gasteiger partial charge in [0.15, 0.2) is 0 Å². The third-order valence-corrected chi connectivity index (χ3v) is 3.31. The van der Waals surface area contributed by atoms with Crippen molar-refractivity contribution in [3.8, 4) is 5.75 Å². The molecule has 1 aliphatic rings. The van der Waals surface area contributed by atoms with Gasteiger partial charge >= 0.3 is 5.97 Å². The summed E-state index contributed by atoms with van der Waals surface area (Å²) in [5.74, 6) is -0.460. The van der Waals surface area contributed by atoms with Gasteiger partial charge in [-0.1, -0.05) is 0 Å². The Balaban J connectivity index is 1.81. The van der Waals surface area contributed by atoms with Crippen LogP contribution in [0.1, 0.15) is 38.5 Å². The molecule has 0 saturated heterocycles. The number of hydrogen-bond donors (Lipinski definition) is 2. The van der Waals surface area contributed by atoms with Gasteiger partial charge in [-0.2, -0.15) is 0 Å².